The van der Waals surface area contributed by atoms with Crippen molar-refractivity contribution >= 4 is 51.7 Å². The van der Waals surface area contributed by atoms with Crippen molar-refractivity contribution in [2.45, 2.75) is 51.4 Å². The van der Waals surface area contributed by atoms with E-state index in [9.17, 15) is 9.59 Å². The Morgan fingerprint density at radius 2 is 1.56 bits per heavy atom. The summed E-state index contributed by atoms with van der Waals surface area (Å²) in [5, 5.41) is 1.26. The highest BCUT2D eigenvalue weighted by molar-refractivity contribution is 7.13. The molecule has 1 aliphatic carbocycles. The molecule has 2 aliphatic heterocycles. The van der Waals surface area contributed by atoms with E-state index >= 15 is 0 Å². The highest BCUT2D eigenvalue weighted by Gasteiger charge is 2.44. The number of rotatable bonds is 6. The molecule has 1 aromatic heterocycles. The minimum absolute atomic E-state index is 0. The van der Waals surface area contributed by atoms with Crippen LogP contribution in [0.1, 0.15) is 51.4 Å². The second-order valence-corrected chi connectivity index (χ2v) is 10.3. The molecule has 3 aliphatic rings. The lowest BCUT2D eigenvalue weighted by molar-refractivity contribution is -0.153. The molecule has 6 nitrogen and oxygen atoms in total. The van der Waals surface area contributed by atoms with Gasteiger partial charge in [-0.15, -0.1) is 12.4 Å². The van der Waals surface area contributed by atoms with E-state index in [1.807, 2.05) is 0 Å². The highest BCUT2D eigenvalue weighted by atomic mass is 35.5. The number of hydrogen-bond acceptors (Lipinski definition) is 6. The minimum Gasteiger partial charge on any atom is -0.353 e. The van der Waals surface area contributed by atoms with E-state index in [4.69, 9.17) is 4.37 Å². The van der Waals surface area contributed by atoms with Crippen LogP contribution in [0, 0.1) is 5.41 Å². The van der Waals surface area contributed by atoms with E-state index < -0.39 is 0 Å². The summed E-state index contributed by atoms with van der Waals surface area (Å²) < 4.78 is 5.94. The van der Waals surface area contributed by atoms with E-state index in [1.165, 1.54) is 22.9 Å². The highest BCUT2D eigenvalue weighted by Crippen LogP contribution is 2.46. The molecular weight excluding hydrogens is 444 g/mol. The largest absolute Gasteiger partial charge is 0.353 e. The Balaban J connectivity index is 0.00000245. The Labute approximate surface area is 200 Å². The SMILES string of the molecule is Cl.O=C1CC2(CCCC2)CC(=O)N1CCCCN1CCN(c2nsc3ccccc23)CC1. The number of carbonyl (C=O) groups excluding carboxylic acids is 2. The zero-order valence-electron chi connectivity index (χ0n) is 18.6. The lowest BCUT2D eigenvalue weighted by Crippen LogP contribution is -2.48. The van der Waals surface area contributed by atoms with Crippen molar-refractivity contribution in [3.05, 3.63) is 24.3 Å². The van der Waals surface area contributed by atoms with Crippen molar-refractivity contribution in [3.8, 4) is 0 Å². The molecule has 1 aromatic carbocycles. The van der Waals surface area contributed by atoms with Crippen LogP contribution in [-0.4, -0.2) is 65.3 Å². The summed E-state index contributed by atoms with van der Waals surface area (Å²) in [6, 6.07) is 8.46. The molecule has 2 saturated heterocycles. The van der Waals surface area contributed by atoms with Gasteiger partial charge in [-0.2, -0.15) is 4.37 Å². The van der Waals surface area contributed by atoms with E-state index in [0.29, 0.717) is 19.4 Å². The molecule has 2 amide bonds. The van der Waals surface area contributed by atoms with Gasteiger partial charge in [-0.05, 0) is 61.3 Å². The Bertz CT molecular complexity index is 930. The molecule has 8 heteroatoms. The molecule has 0 unspecified atom stereocenters. The third-order valence-corrected chi connectivity index (χ3v) is 8.27. The summed E-state index contributed by atoms with van der Waals surface area (Å²) in [5.74, 6) is 1.27. The van der Waals surface area contributed by atoms with Gasteiger partial charge in [-0.3, -0.25) is 19.4 Å². The van der Waals surface area contributed by atoms with Gasteiger partial charge >= 0.3 is 0 Å². The second-order valence-electron chi connectivity index (χ2n) is 9.54. The number of likely N-dealkylation sites (tertiary alicyclic amines) is 1. The van der Waals surface area contributed by atoms with Crippen molar-refractivity contribution in [3.63, 3.8) is 0 Å². The molecule has 5 rings (SSSR count). The quantitative estimate of drug-likeness (QED) is 0.458. The predicted octanol–water partition coefficient (Wildman–Crippen LogP) is 4.33. The molecule has 0 bridgehead atoms. The van der Waals surface area contributed by atoms with Crippen LogP contribution in [0.25, 0.3) is 10.1 Å². The number of piperidine rings is 1. The number of anilines is 1. The zero-order valence-corrected chi connectivity index (χ0v) is 20.3. The molecule has 32 heavy (non-hydrogen) atoms. The summed E-state index contributed by atoms with van der Waals surface area (Å²) in [5.41, 5.74) is 0.00692. The molecule has 3 heterocycles. The maximum atomic E-state index is 12.6. The first-order valence-electron chi connectivity index (χ1n) is 11.8. The lowest BCUT2D eigenvalue weighted by Gasteiger charge is -2.37. The number of imide groups is 1. The molecule has 174 valence electrons. The smallest absolute Gasteiger partial charge is 0.229 e. The van der Waals surface area contributed by atoms with Crippen LogP contribution >= 0.6 is 23.9 Å². The fourth-order valence-electron chi connectivity index (χ4n) is 5.65. The first-order valence-corrected chi connectivity index (χ1v) is 12.6. The van der Waals surface area contributed by atoms with Crippen LogP contribution in [0.3, 0.4) is 0 Å². The third kappa shape index (κ3) is 4.80. The number of hydrogen-bond donors (Lipinski definition) is 0. The second kappa shape index (κ2) is 10.1. The summed E-state index contributed by atoms with van der Waals surface area (Å²) in [6.07, 6.45) is 7.57. The number of fused-ring (bicyclic) bond motifs is 1. The summed E-state index contributed by atoms with van der Waals surface area (Å²) in [7, 11) is 0. The van der Waals surface area contributed by atoms with Gasteiger partial charge < -0.3 is 4.90 Å². The molecule has 1 spiro atoms. The van der Waals surface area contributed by atoms with E-state index in [1.54, 1.807) is 16.4 Å². The molecular formula is C24H33ClN4O2S. The van der Waals surface area contributed by atoms with E-state index in [2.05, 4.69) is 34.1 Å². The molecule has 0 radical (unpaired) electrons. The van der Waals surface area contributed by atoms with Crippen LogP contribution < -0.4 is 4.90 Å². The van der Waals surface area contributed by atoms with Gasteiger partial charge in [0.1, 0.15) is 5.82 Å². The topological polar surface area (TPSA) is 56.8 Å². The van der Waals surface area contributed by atoms with Gasteiger partial charge in [-0.25, -0.2) is 0 Å². The van der Waals surface area contributed by atoms with Crippen LogP contribution in [-0.2, 0) is 9.59 Å². The van der Waals surface area contributed by atoms with Crippen molar-refractivity contribution in [1.29, 1.82) is 0 Å². The molecule has 1 saturated carbocycles. The Morgan fingerprint density at radius 3 is 2.28 bits per heavy atom. The zero-order chi connectivity index (χ0) is 21.3. The Hall–Kier alpha value is -1.70. The number of carbonyl (C=O) groups is 2. The van der Waals surface area contributed by atoms with Crippen molar-refractivity contribution in [2.24, 2.45) is 5.41 Å². The maximum Gasteiger partial charge on any atom is 0.229 e. The predicted molar refractivity (Wildman–Crippen MR) is 132 cm³/mol. The maximum absolute atomic E-state index is 12.6. The van der Waals surface area contributed by atoms with E-state index in [-0.39, 0.29) is 29.6 Å². The van der Waals surface area contributed by atoms with Gasteiger partial charge in [0.25, 0.3) is 0 Å². The van der Waals surface area contributed by atoms with Crippen LogP contribution in [0.5, 0.6) is 0 Å². The van der Waals surface area contributed by atoms with Crippen molar-refractivity contribution in [1.82, 2.24) is 14.2 Å². The van der Waals surface area contributed by atoms with Crippen molar-refractivity contribution in [2.75, 3.05) is 44.2 Å². The number of amides is 2. The standard InChI is InChI=1S/C24H32N4O2S.ClH/c29-21-17-24(9-3-4-10-24)18-22(30)28(21)12-6-5-11-26-13-15-27(16-14-26)23-19-7-1-2-8-20(19)31-25-23;/h1-2,7-8H,3-6,9-18H2;1H. The molecule has 0 atom stereocenters. The monoisotopic (exact) mass is 476 g/mol. The van der Waals surface area contributed by atoms with Gasteiger partial charge in [0.2, 0.25) is 11.8 Å². The fourth-order valence-corrected chi connectivity index (χ4v) is 6.45. The molecule has 0 N–H and O–H groups in total. The van der Waals surface area contributed by atoms with Gasteiger partial charge in [0, 0.05) is 51.0 Å². The number of aromatic nitrogens is 1. The van der Waals surface area contributed by atoms with Gasteiger partial charge in [0.05, 0.1) is 4.70 Å². The lowest BCUT2D eigenvalue weighted by atomic mass is 9.76. The van der Waals surface area contributed by atoms with E-state index in [0.717, 1.165) is 64.2 Å². The first-order chi connectivity index (χ1) is 15.1. The number of nitrogens with zero attached hydrogens (tertiary/aromatic N) is 4. The fraction of sp³-hybridized carbons (Fsp3) is 0.625. The van der Waals surface area contributed by atoms with Crippen LogP contribution in [0.2, 0.25) is 0 Å². The van der Waals surface area contributed by atoms with Gasteiger partial charge in [-0.1, -0.05) is 25.0 Å². The van der Waals surface area contributed by atoms with Crippen molar-refractivity contribution < 1.29 is 9.59 Å². The first kappa shape index (κ1) is 23.5. The molecule has 2 aromatic rings. The minimum atomic E-state index is 0. The van der Waals surface area contributed by atoms with Crippen LogP contribution in [0.15, 0.2) is 24.3 Å². The number of benzene rings is 1. The van der Waals surface area contributed by atoms with Crippen LogP contribution in [0.4, 0.5) is 5.82 Å². The third-order valence-electron chi connectivity index (χ3n) is 7.46. The Morgan fingerprint density at radius 1 is 0.906 bits per heavy atom. The normalized spacial score (nSPS) is 21.5. The summed E-state index contributed by atoms with van der Waals surface area (Å²) >= 11 is 1.58. The summed E-state index contributed by atoms with van der Waals surface area (Å²) in [4.78, 5) is 31.6. The van der Waals surface area contributed by atoms with Gasteiger partial charge in [0.15, 0.2) is 0 Å². The number of halogens is 1. The number of piperazine rings is 1. The average Bonchev–Trinajstić information content (AvgIpc) is 3.40. The average molecular weight is 477 g/mol. The number of unbranched alkanes of at least 4 members (excludes halogenated alkanes) is 1. The summed E-state index contributed by atoms with van der Waals surface area (Å²) in [6.45, 7) is 5.70. The Kier molecular flexibility index (Phi) is 7.37. The molecule has 3 fully saturated rings.